The highest BCUT2D eigenvalue weighted by Gasteiger charge is 2.18. The van der Waals surface area contributed by atoms with Gasteiger partial charge in [0.2, 0.25) is 5.88 Å². The van der Waals surface area contributed by atoms with Gasteiger partial charge in [-0.1, -0.05) is 23.7 Å². The summed E-state index contributed by atoms with van der Waals surface area (Å²) >= 11 is 5.88. The third-order valence-electron chi connectivity index (χ3n) is 3.77. The maximum absolute atomic E-state index is 13.5. The van der Waals surface area contributed by atoms with Gasteiger partial charge in [0.1, 0.15) is 11.9 Å². The number of benzene rings is 2. The second-order valence-corrected chi connectivity index (χ2v) is 5.55. The molecule has 0 saturated heterocycles. The molecule has 22 heavy (non-hydrogen) atoms. The van der Waals surface area contributed by atoms with Gasteiger partial charge in [-0.3, -0.25) is 0 Å². The van der Waals surface area contributed by atoms with Crippen molar-refractivity contribution in [2.45, 2.75) is 13.0 Å². The van der Waals surface area contributed by atoms with E-state index in [9.17, 15) is 9.50 Å². The quantitative estimate of drug-likeness (QED) is 0.750. The van der Waals surface area contributed by atoms with Crippen LogP contribution in [-0.2, 0) is 0 Å². The molecule has 1 atom stereocenters. The Morgan fingerprint density at radius 3 is 2.59 bits per heavy atom. The SMILES string of the molecule is C[C@@H](c1ccc(Cl)cc1)n1cc2cc(F)cc(C#N)c2c1O. The Bertz CT molecular complexity index is 894. The first-order valence-electron chi connectivity index (χ1n) is 6.70. The van der Waals surface area contributed by atoms with Crippen molar-refractivity contribution in [2.75, 3.05) is 0 Å². The van der Waals surface area contributed by atoms with Crippen LogP contribution >= 0.6 is 11.6 Å². The van der Waals surface area contributed by atoms with E-state index < -0.39 is 5.82 Å². The lowest BCUT2D eigenvalue weighted by atomic mass is 10.1. The normalized spacial score (nSPS) is 12.3. The minimum atomic E-state index is -0.500. The Kier molecular flexibility index (Phi) is 3.51. The van der Waals surface area contributed by atoms with Crippen LogP contribution in [0, 0.1) is 17.1 Å². The molecule has 1 heterocycles. The highest BCUT2D eigenvalue weighted by Crippen LogP contribution is 2.35. The number of aromatic hydroxyl groups is 1. The fourth-order valence-corrected chi connectivity index (χ4v) is 2.73. The van der Waals surface area contributed by atoms with E-state index in [4.69, 9.17) is 16.9 Å². The van der Waals surface area contributed by atoms with Gasteiger partial charge in [-0.15, -0.1) is 0 Å². The second-order valence-electron chi connectivity index (χ2n) is 5.12. The largest absolute Gasteiger partial charge is 0.494 e. The fraction of sp³-hybridized carbons (Fsp3) is 0.118. The molecule has 0 unspecified atom stereocenters. The lowest BCUT2D eigenvalue weighted by Crippen LogP contribution is -2.04. The number of hydrogen-bond acceptors (Lipinski definition) is 2. The zero-order chi connectivity index (χ0) is 15.9. The van der Waals surface area contributed by atoms with Crippen LogP contribution in [0.15, 0.2) is 42.6 Å². The molecule has 0 fully saturated rings. The van der Waals surface area contributed by atoms with Crippen LogP contribution in [0.25, 0.3) is 10.8 Å². The zero-order valence-corrected chi connectivity index (χ0v) is 12.5. The summed E-state index contributed by atoms with van der Waals surface area (Å²) in [6, 6.07) is 11.4. The standard InChI is InChI=1S/C17H12ClFN2O/c1-10(11-2-4-14(18)5-3-11)21-9-13-7-15(19)6-12(8-20)16(13)17(21)22/h2-7,9-10,22H,1H3/t10-/m0/s1. The monoisotopic (exact) mass is 314 g/mol. The average Bonchev–Trinajstić information content (AvgIpc) is 2.83. The van der Waals surface area contributed by atoms with Crippen LogP contribution in [0.2, 0.25) is 5.02 Å². The minimum Gasteiger partial charge on any atom is -0.494 e. The summed E-state index contributed by atoms with van der Waals surface area (Å²) in [5.41, 5.74) is 1.06. The van der Waals surface area contributed by atoms with Crippen molar-refractivity contribution in [3.05, 3.63) is 64.6 Å². The van der Waals surface area contributed by atoms with Crippen LogP contribution < -0.4 is 0 Å². The van der Waals surface area contributed by atoms with E-state index in [1.165, 1.54) is 6.07 Å². The molecular weight excluding hydrogens is 303 g/mol. The Balaban J connectivity index is 2.17. The Morgan fingerprint density at radius 1 is 1.27 bits per heavy atom. The highest BCUT2D eigenvalue weighted by molar-refractivity contribution is 6.30. The van der Waals surface area contributed by atoms with Crippen molar-refractivity contribution >= 4 is 22.4 Å². The van der Waals surface area contributed by atoms with E-state index in [1.807, 2.05) is 25.1 Å². The smallest absolute Gasteiger partial charge is 0.201 e. The maximum Gasteiger partial charge on any atom is 0.201 e. The molecule has 3 rings (SSSR count). The Hall–Kier alpha value is -2.51. The molecule has 0 aliphatic heterocycles. The van der Waals surface area contributed by atoms with Crippen molar-refractivity contribution in [1.29, 1.82) is 5.26 Å². The van der Waals surface area contributed by atoms with Crippen molar-refractivity contribution in [3.8, 4) is 11.9 Å². The number of nitriles is 1. The van der Waals surface area contributed by atoms with Gasteiger partial charge in [-0.25, -0.2) is 4.39 Å². The summed E-state index contributed by atoms with van der Waals surface area (Å²) in [4.78, 5) is 0. The number of rotatable bonds is 2. The molecule has 1 N–H and O–H groups in total. The molecule has 110 valence electrons. The molecule has 2 aromatic carbocycles. The molecule has 0 spiro atoms. The minimum absolute atomic E-state index is 0.0472. The van der Waals surface area contributed by atoms with Crippen LogP contribution in [-0.4, -0.2) is 9.67 Å². The Labute approximate surface area is 131 Å². The zero-order valence-electron chi connectivity index (χ0n) is 11.7. The topological polar surface area (TPSA) is 49.0 Å². The predicted octanol–water partition coefficient (Wildman–Crippen LogP) is 4.62. The molecule has 3 aromatic rings. The van der Waals surface area contributed by atoms with Crippen molar-refractivity contribution in [3.63, 3.8) is 0 Å². The van der Waals surface area contributed by atoms with Crippen LogP contribution in [0.1, 0.15) is 24.1 Å². The Morgan fingerprint density at radius 2 is 1.95 bits per heavy atom. The molecule has 0 radical (unpaired) electrons. The molecule has 0 aliphatic rings. The lowest BCUT2D eigenvalue weighted by molar-refractivity contribution is 0.412. The summed E-state index contributed by atoms with van der Waals surface area (Å²) in [5.74, 6) is -0.547. The first-order chi connectivity index (χ1) is 10.5. The van der Waals surface area contributed by atoms with E-state index in [2.05, 4.69) is 0 Å². The van der Waals surface area contributed by atoms with Gasteiger partial charge in [0.05, 0.1) is 17.0 Å². The molecule has 0 saturated carbocycles. The summed E-state index contributed by atoms with van der Waals surface area (Å²) in [6.45, 7) is 1.91. The summed E-state index contributed by atoms with van der Waals surface area (Å²) in [6.07, 6.45) is 1.65. The van der Waals surface area contributed by atoms with E-state index >= 15 is 0 Å². The van der Waals surface area contributed by atoms with E-state index in [-0.39, 0.29) is 17.5 Å². The second kappa shape index (κ2) is 5.36. The number of aromatic nitrogens is 1. The molecule has 0 aliphatic carbocycles. The van der Waals surface area contributed by atoms with Crippen molar-refractivity contribution < 1.29 is 9.50 Å². The van der Waals surface area contributed by atoms with Gasteiger partial charge in [-0.2, -0.15) is 5.26 Å². The highest BCUT2D eigenvalue weighted by atomic mass is 35.5. The van der Waals surface area contributed by atoms with Crippen LogP contribution in [0.5, 0.6) is 5.88 Å². The van der Waals surface area contributed by atoms with Crippen LogP contribution in [0.4, 0.5) is 4.39 Å². The third kappa shape index (κ3) is 2.30. The van der Waals surface area contributed by atoms with Crippen molar-refractivity contribution in [1.82, 2.24) is 4.57 Å². The maximum atomic E-state index is 13.5. The van der Waals surface area contributed by atoms with Gasteiger partial charge >= 0.3 is 0 Å². The molecule has 3 nitrogen and oxygen atoms in total. The van der Waals surface area contributed by atoms with E-state index in [1.54, 1.807) is 22.9 Å². The first kappa shape index (κ1) is 14.4. The molecule has 5 heteroatoms. The van der Waals surface area contributed by atoms with Gasteiger partial charge in [0.15, 0.2) is 0 Å². The fourth-order valence-electron chi connectivity index (χ4n) is 2.60. The molecular formula is C17H12ClFN2O. The summed E-state index contributed by atoms with van der Waals surface area (Å²) in [5, 5.41) is 21.1. The average molecular weight is 315 g/mol. The van der Waals surface area contributed by atoms with Crippen LogP contribution in [0.3, 0.4) is 0 Å². The van der Waals surface area contributed by atoms with Crippen molar-refractivity contribution in [2.24, 2.45) is 0 Å². The lowest BCUT2D eigenvalue weighted by Gasteiger charge is -2.15. The molecule has 0 amide bonds. The number of halogens is 2. The summed E-state index contributed by atoms with van der Waals surface area (Å²) in [7, 11) is 0. The molecule has 1 aromatic heterocycles. The number of fused-ring (bicyclic) bond motifs is 1. The van der Waals surface area contributed by atoms with E-state index in [0.717, 1.165) is 11.6 Å². The van der Waals surface area contributed by atoms with Gasteiger partial charge in [0.25, 0.3) is 0 Å². The number of hydrogen-bond donors (Lipinski definition) is 1. The summed E-state index contributed by atoms with van der Waals surface area (Å²) < 4.78 is 15.2. The third-order valence-corrected chi connectivity index (χ3v) is 4.02. The first-order valence-corrected chi connectivity index (χ1v) is 7.07. The van der Waals surface area contributed by atoms with Gasteiger partial charge < -0.3 is 9.67 Å². The van der Waals surface area contributed by atoms with Gasteiger partial charge in [0, 0.05) is 16.6 Å². The van der Waals surface area contributed by atoms with E-state index in [0.29, 0.717) is 15.8 Å². The van der Waals surface area contributed by atoms with Gasteiger partial charge in [-0.05, 0) is 36.8 Å². The number of nitrogens with zero attached hydrogens (tertiary/aromatic N) is 2. The predicted molar refractivity (Wildman–Crippen MR) is 83.5 cm³/mol. The molecule has 0 bridgehead atoms.